The van der Waals surface area contributed by atoms with Gasteiger partial charge in [-0.2, -0.15) is 0 Å². The summed E-state index contributed by atoms with van der Waals surface area (Å²) in [6, 6.07) is 10.8. The molecule has 1 N–H and O–H groups in total. The summed E-state index contributed by atoms with van der Waals surface area (Å²) in [6.07, 6.45) is 0. The van der Waals surface area contributed by atoms with Crippen molar-refractivity contribution in [3.8, 4) is 5.75 Å². The molecule has 0 radical (unpaired) electrons. The Labute approximate surface area is 130 Å². The third-order valence-electron chi connectivity index (χ3n) is 2.74. The van der Waals surface area contributed by atoms with Crippen LogP contribution in [0.5, 0.6) is 5.75 Å². The molecule has 0 spiro atoms. The number of hydrogen-bond donors (Lipinski definition) is 1. The highest BCUT2D eigenvalue weighted by Crippen LogP contribution is 2.33. The van der Waals surface area contributed by atoms with Crippen LogP contribution in [0.4, 0.5) is 0 Å². The number of rotatable bonds is 4. The number of ether oxygens (including phenoxy) is 1. The highest BCUT2D eigenvalue weighted by Gasteiger charge is 2.16. The van der Waals surface area contributed by atoms with E-state index in [1.54, 1.807) is 6.07 Å². The Hall–Kier alpha value is -1.52. The number of hydrogen-bond acceptors (Lipinski definition) is 2. The van der Waals surface area contributed by atoms with E-state index in [0.29, 0.717) is 16.1 Å². The van der Waals surface area contributed by atoms with Gasteiger partial charge in [0.15, 0.2) is 0 Å². The van der Waals surface area contributed by atoms with Crippen molar-refractivity contribution in [2.45, 2.75) is 13.5 Å². The molecular weight excluding hydrogens is 344 g/mol. The molecule has 104 valence electrons. The van der Waals surface area contributed by atoms with Crippen LogP contribution in [-0.4, -0.2) is 11.1 Å². The van der Waals surface area contributed by atoms with Gasteiger partial charge in [-0.15, -0.1) is 0 Å². The normalized spacial score (nSPS) is 10.3. The Morgan fingerprint density at radius 2 is 1.95 bits per heavy atom. The van der Waals surface area contributed by atoms with Gasteiger partial charge in [0.05, 0.1) is 4.47 Å². The van der Waals surface area contributed by atoms with Gasteiger partial charge in [-0.25, -0.2) is 4.79 Å². The van der Waals surface area contributed by atoms with Crippen molar-refractivity contribution in [1.82, 2.24) is 0 Å². The van der Waals surface area contributed by atoms with Gasteiger partial charge in [0.2, 0.25) is 0 Å². The molecule has 0 atom stereocenters. The van der Waals surface area contributed by atoms with E-state index in [1.807, 2.05) is 31.2 Å². The fourth-order valence-corrected chi connectivity index (χ4v) is 2.63. The van der Waals surface area contributed by atoms with Crippen molar-refractivity contribution in [3.05, 3.63) is 62.6 Å². The molecule has 0 heterocycles. The third kappa shape index (κ3) is 3.52. The minimum Gasteiger partial charge on any atom is -0.487 e. The van der Waals surface area contributed by atoms with Gasteiger partial charge in [0.1, 0.15) is 17.9 Å². The van der Waals surface area contributed by atoms with Crippen molar-refractivity contribution < 1.29 is 14.6 Å². The van der Waals surface area contributed by atoms with Gasteiger partial charge in [-0.05, 0) is 40.5 Å². The predicted octanol–water partition coefficient (Wildman–Crippen LogP) is 4.69. The number of aromatic carboxylic acids is 1. The molecular formula is C15H12BrClO3. The molecule has 20 heavy (non-hydrogen) atoms. The molecule has 0 aromatic heterocycles. The van der Waals surface area contributed by atoms with Crippen LogP contribution in [-0.2, 0) is 6.61 Å². The smallest absolute Gasteiger partial charge is 0.339 e. The predicted molar refractivity (Wildman–Crippen MR) is 81.6 cm³/mol. The molecule has 0 fully saturated rings. The number of aryl methyl sites for hydroxylation is 1. The Morgan fingerprint density at radius 1 is 1.30 bits per heavy atom. The number of benzene rings is 2. The molecule has 2 rings (SSSR count). The SMILES string of the molecule is Cc1ccc(COc2c(Br)cc(Cl)cc2C(=O)O)cc1. The van der Waals surface area contributed by atoms with Crippen LogP contribution in [0.3, 0.4) is 0 Å². The maximum absolute atomic E-state index is 11.2. The summed E-state index contributed by atoms with van der Waals surface area (Å²) >= 11 is 9.13. The first-order valence-corrected chi connectivity index (χ1v) is 7.05. The zero-order chi connectivity index (χ0) is 14.7. The van der Waals surface area contributed by atoms with E-state index in [0.717, 1.165) is 11.1 Å². The number of carboxylic acids is 1. The molecule has 0 unspecified atom stereocenters. The average Bonchev–Trinajstić information content (AvgIpc) is 2.38. The molecule has 5 heteroatoms. The molecule has 0 aliphatic rings. The molecule has 3 nitrogen and oxygen atoms in total. The fourth-order valence-electron chi connectivity index (χ4n) is 1.71. The third-order valence-corrected chi connectivity index (χ3v) is 3.55. The van der Waals surface area contributed by atoms with Crippen LogP contribution in [0, 0.1) is 6.92 Å². The zero-order valence-corrected chi connectivity index (χ0v) is 13.0. The number of carboxylic acid groups (broad SMARTS) is 1. The Morgan fingerprint density at radius 3 is 2.55 bits per heavy atom. The van der Waals surface area contributed by atoms with Gasteiger partial charge in [0.25, 0.3) is 0 Å². The molecule has 0 aliphatic carbocycles. The second-order valence-corrected chi connectivity index (χ2v) is 5.63. The molecule has 2 aromatic carbocycles. The van der Waals surface area contributed by atoms with E-state index in [-0.39, 0.29) is 11.3 Å². The lowest BCUT2D eigenvalue weighted by Crippen LogP contribution is -2.04. The summed E-state index contributed by atoms with van der Waals surface area (Å²) in [6.45, 7) is 2.30. The van der Waals surface area contributed by atoms with Crippen molar-refractivity contribution >= 4 is 33.5 Å². The first kappa shape index (κ1) is 14.9. The number of halogens is 2. The van der Waals surface area contributed by atoms with Gasteiger partial charge in [-0.3, -0.25) is 0 Å². The van der Waals surface area contributed by atoms with Crippen molar-refractivity contribution in [2.24, 2.45) is 0 Å². The van der Waals surface area contributed by atoms with Crippen LogP contribution < -0.4 is 4.74 Å². The first-order chi connectivity index (χ1) is 9.47. The van der Waals surface area contributed by atoms with Crippen LogP contribution in [0.1, 0.15) is 21.5 Å². The van der Waals surface area contributed by atoms with Crippen molar-refractivity contribution in [2.75, 3.05) is 0 Å². The Bertz CT molecular complexity index is 638. The van der Waals surface area contributed by atoms with Gasteiger partial charge >= 0.3 is 5.97 Å². The van der Waals surface area contributed by atoms with E-state index in [1.165, 1.54) is 6.07 Å². The lowest BCUT2D eigenvalue weighted by molar-refractivity contribution is 0.0691. The molecule has 0 aliphatic heterocycles. The second-order valence-electron chi connectivity index (χ2n) is 4.34. The summed E-state index contributed by atoms with van der Waals surface area (Å²) in [4.78, 5) is 11.2. The standard InChI is InChI=1S/C15H12BrClO3/c1-9-2-4-10(5-3-9)8-20-14-12(15(18)19)6-11(17)7-13(14)16/h2-7H,8H2,1H3,(H,18,19). The van der Waals surface area contributed by atoms with Crippen molar-refractivity contribution in [1.29, 1.82) is 0 Å². The van der Waals surface area contributed by atoms with Crippen LogP contribution >= 0.6 is 27.5 Å². The van der Waals surface area contributed by atoms with Gasteiger partial charge < -0.3 is 9.84 Å². The summed E-state index contributed by atoms with van der Waals surface area (Å²) in [7, 11) is 0. The molecule has 0 amide bonds. The molecule has 0 saturated carbocycles. The molecule has 2 aromatic rings. The summed E-state index contributed by atoms with van der Waals surface area (Å²) < 4.78 is 6.15. The summed E-state index contributed by atoms with van der Waals surface area (Å²) in [5.41, 5.74) is 2.16. The minimum atomic E-state index is -1.08. The monoisotopic (exact) mass is 354 g/mol. The summed E-state index contributed by atoms with van der Waals surface area (Å²) in [5, 5.41) is 9.53. The number of carbonyl (C=O) groups is 1. The van der Waals surface area contributed by atoms with E-state index < -0.39 is 5.97 Å². The highest BCUT2D eigenvalue weighted by atomic mass is 79.9. The van der Waals surface area contributed by atoms with Gasteiger partial charge in [0, 0.05) is 5.02 Å². The largest absolute Gasteiger partial charge is 0.487 e. The van der Waals surface area contributed by atoms with E-state index in [9.17, 15) is 9.90 Å². The van der Waals surface area contributed by atoms with E-state index >= 15 is 0 Å². The Balaban J connectivity index is 2.24. The van der Waals surface area contributed by atoms with Crippen LogP contribution in [0.25, 0.3) is 0 Å². The van der Waals surface area contributed by atoms with Gasteiger partial charge in [-0.1, -0.05) is 41.4 Å². The average molecular weight is 356 g/mol. The maximum Gasteiger partial charge on any atom is 0.339 e. The second kappa shape index (κ2) is 6.29. The molecule has 0 bridgehead atoms. The summed E-state index contributed by atoms with van der Waals surface area (Å²) in [5.74, 6) is -0.797. The van der Waals surface area contributed by atoms with E-state index in [4.69, 9.17) is 16.3 Å². The van der Waals surface area contributed by atoms with E-state index in [2.05, 4.69) is 15.9 Å². The zero-order valence-electron chi connectivity index (χ0n) is 10.7. The fraction of sp³-hybridized carbons (Fsp3) is 0.133. The minimum absolute atomic E-state index is 0.0384. The highest BCUT2D eigenvalue weighted by molar-refractivity contribution is 9.10. The van der Waals surface area contributed by atoms with Crippen molar-refractivity contribution in [3.63, 3.8) is 0 Å². The Kier molecular flexibility index (Phi) is 4.68. The quantitative estimate of drug-likeness (QED) is 0.865. The lowest BCUT2D eigenvalue weighted by Gasteiger charge is -2.12. The van der Waals surface area contributed by atoms with Crippen LogP contribution in [0.2, 0.25) is 5.02 Å². The lowest BCUT2D eigenvalue weighted by atomic mass is 10.1. The van der Waals surface area contributed by atoms with Crippen LogP contribution in [0.15, 0.2) is 40.9 Å². The first-order valence-electron chi connectivity index (χ1n) is 5.88. The molecule has 0 saturated heterocycles. The topological polar surface area (TPSA) is 46.5 Å². The maximum atomic E-state index is 11.2.